The van der Waals surface area contributed by atoms with Crippen molar-refractivity contribution in [1.82, 2.24) is 10.2 Å². The zero-order valence-electron chi connectivity index (χ0n) is 22.6. The van der Waals surface area contributed by atoms with Gasteiger partial charge in [-0.2, -0.15) is 0 Å². The van der Waals surface area contributed by atoms with Crippen LogP contribution in [0.2, 0.25) is 5.02 Å². The highest BCUT2D eigenvalue weighted by Crippen LogP contribution is 2.23. The van der Waals surface area contributed by atoms with Gasteiger partial charge in [0.1, 0.15) is 12.6 Å². The Labute approximate surface area is 236 Å². The number of amides is 2. The number of nitrogens with zero attached hydrogens (tertiary/aromatic N) is 2. The van der Waals surface area contributed by atoms with E-state index in [-0.39, 0.29) is 18.9 Å². The molecule has 3 aromatic carbocycles. The molecule has 0 aliphatic rings. The zero-order chi connectivity index (χ0) is 28.4. The summed E-state index contributed by atoms with van der Waals surface area (Å²) >= 11 is 6.46. The number of carbonyl (C=O) groups excluding carboxylic acids is 2. The largest absolute Gasteiger partial charge is 0.354 e. The second-order valence-corrected chi connectivity index (χ2v) is 11.9. The van der Waals surface area contributed by atoms with Crippen LogP contribution >= 0.6 is 11.6 Å². The summed E-state index contributed by atoms with van der Waals surface area (Å²) in [7, 11) is -3.80. The number of halogens is 1. The van der Waals surface area contributed by atoms with Gasteiger partial charge in [0.2, 0.25) is 21.8 Å². The molecular weight excluding hydrogens is 534 g/mol. The molecule has 3 rings (SSSR count). The fourth-order valence-electron chi connectivity index (χ4n) is 4.20. The van der Waals surface area contributed by atoms with Gasteiger partial charge >= 0.3 is 0 Å². The Hall–Kier alpha value is -3.36. The summed E-state index contributed by atoms with van der Waals surface area (Å²) < 4.78 is 26.7. The molecule has 7 nitrogen and oxygen atoms in total. The van der Waals surface area contributed by atoms with Crippen molar-refractivity contribution in [3.05, 3.63) is 101 Å². The van der Waals surface area contributed by atoms with Crippen LogP contribution in [0.25, 0.3) is 0 Å². The number of hydrogen-bond acceptors (Lipinski definition) is 4. The molecule has 0 spiro atoms. The van der Waals surface area contributed by atoms with E-state index in [2.05, 4.69) is 5.32 Å². The highest BCUT2D eigenvalue weighted by Gasteiger charge is 2.33. The maximum atomic E-state index is 14.0. The average Bonchev–Trinajstić information content (AvgIpc) is 2.91. The predicted octanol–water partition coefficient (Wildman–Crippen LogP) is 4.97. The number of rotatable bonds is 13. The summed E-state index contributed by atoms with van der Waals surface area (Å²) in [6, 6.07) is 22.6. The van der Waals surface area contributed by atoms with Crippen molar-refractivity contribution in [2.24, 2.45) is 0 Å². The maximum Gasteiger partial charge on any atom is 0.244 e. The minimum Gasteiger partial charge on any atom is -0.354 e. The SMILES string of the molecule is CCCCNC(=O)C(Cc1ccccc1)N(Cc1ccccc1Cl)C(=O)CN(c1ccc(C)cc1)S(C)(=O)=O. The Morgan fingerprint density at radius 2 is 1.59 bits per heavy atom. The van der Waals surface area contributed by atoms with Crippen molar-refractivity contribution in [2.45, 2.75) is 45.7 Å². The lowest BCUT2D eigenvalue weighted by Crippen LogP contribution is -2.53. The van der Waals surface area contributed by atoms with E-state index >= 15 is 0 Å². The highest BCUT2D eigenvalue weighted by atomic mass is 35.5. The topological polar surface area (TPSA) is 86.8 Å². The lowest BCUT2D eigenvalue weighted by atomic mass is 10.0. The lowest BCUT2D eigenvalue weighted by Gasteiger charge is -2.33. The van der Waals surface area contributed by atoms with E-state index in [0.29, 0.717) is 22.8 Å². The molecule has 0 bridgehead atoms. The molecule has 1 N–H and O–H groups in total. The van der Waals surface area contributed by atoms with Gasteiger partial charge in [0.25, 0.3) is 0 Å². The molecule has 39 heavy (non-hydrogen) atoms. The Kier molecular flexibility index (Phi) is 10.9. The minimum atomic E-state index is -3.80. The fourth-order valence-corrected chi connectivity index (χ4v) is 5.24. The number of benzene rings is 3. The molecule has 0 aromatic heterocycles. The minimum absolute atomic E-state index is 0.0443. The third kappa shape index (κ3) is 8.83. The van der Waals surface area contributed by atoms with Crippen LogP contribution in [0.5, 0.6) is 0 Å². The molecule has 3 aromatic rings. The van der Waals surface area contributed by atoms with Crippen molar-refractivity contribution in [2.75, 3.05) is 23.7 Å². The zero-order valence-corrected chi connectivity index (χ0v) is 24.2. The van der Waals surface area contributed by atoms with Gasteiger partial charge in [0.15, 0.2) is 0 Å². The van der Waals surface area contributed by atoms with Crippen molar-refractivity contribution < 1.29 is 18.0 Å². The molecule has 0 heterocycles. The summed E-state index contributed by atoms with van der Waals surface area (Å²) in [4.78, 5) is 29.0. The van der Waals surface area contributed by atoms with E-state index in [1.807, 2.05) is 50.2 Å². The van der Waals surface area contributed by atoms with Crippen LogP contribution < -0.4 is 9.62 Å². The van der Waals surface area contributed by atoms with Gasteiger partial charge < -0.3 is 10.2 Å². The smallest absolute Gasteiger partial charge is 0.244 e. The van der Waals surface area contributed by atoms with Crippen LogP contribution in [0.4, 0.5) is 5.69 Å². The number of anilines is 1. The fraction of sp³-hybridized carbons (Fsp3) is 0.333. The first-order valence-electron chi connectivity index (χ1n) is 13.0. The molecule has 0 saturated carbocycles. The quantitative estimate of drug-likeness (QED) is 0.294. The molecule has 208 valence electrons. The summed E-state index contributed by atoms with van der Waals surface area (Å²) in [6.07, 6.45) is 3.04. The third-order valence-electron chi connectivity index (χ3n) is 6.40. The number of sulfonamides is 1. The van der Waals surface area contributed by atoms with Crippen LogP contribution in [0.3, 0.4) is 0 Å². The summed E-state index contributed by atoms with van der Waals surface area (Å²) in [5, 5.41) is 3.42. The maximum absolute atomic E-state index is 14.0. The van der Waals surface area contributed by atoms with Gasteiger partial charge in [-0.05, 0) is 42.7 Å². The first-order valence-corrected chi connectivity index (χ1v) is 15.2. The highest BCUT2D eigenvalue weighted by molar-refractivity contribution is 7.92. The van der Waals surface area contributed by atoms with Gasteiger partial charge in [-0.15, -0.1) is 0 Å². The van der Waals surface area contributed by atoms with E-state index < -0.39 is 28.5 Å². The van der Waals surface area contributed by atoms with Crippen LogP contribution in [0.1, 0.15) is 36.5 Å². The molecule has 9 heteroatoms. The van der Waals surface area contributed by atoms with E-state index in [0.717, 1.165) is 34.5 Å². The monoisotopic (exact) mass is 569 g/mol. The standard InChI is InChI=1S/C30H36ClN3O4S/c1-4-5-19-32-30(36)28(20-24-11-7-6-8-12-24)33(21-25-13-9-10-14-27(25)31)29(35)22-34(39(3,37)38)26-17-15-23(2)16-18-26/h6-18,28H,4-5,19-22H2,1-3H3,(H,32,36). The summed E-state index contributed by atoms with van der Waals surface area (Å²) in [6.45, 7) is 4.00. The number of carbonyl (C=O) groups is 2. The van der Waals surface area contributed by atoms with Crippen LogP contribution in [0.15, 0.2) is 78.9 Å². The van der Waals surface area contributed by atoms with Gasteiger partial charge in [0, 0.05) is 24.5 Å². The first-order chi connectivity index (χ1) is 18.6. The Balaban J connectivity index is 2.03. The number of hydrogen-bond donors (Lipinski definition) is 1. The van der Waals surface area contributed by atoms with Crippen molar-refractivity contribution >= 4 is 39.1 Å². The summed E-state index contributed by atoms with van der Waals surface area (Å²) in [5.74, 6) is -0.804. The van der Waals surface area contributed by atoms with Crippen molar-refractivity contribution in [1.29, 1.82) is 0 Å². The predicted molar refractivity (Wildman–Crippen MR) is 157 cm³/mol. The Morgan fingerprint density at radius 1 is 0.949 bits per heavy atom. The van der Waals surface area contributed by atoms with Gasteiger partial charge in [-0.25, -0.2) is 8.42 Å². The average molecular weight is 570 g/mol. The van der Waals surface area contributed by atoms with Gasteiger partial charge in [-0.3, -0.25) is 13.9 Å². The molecule has 2 amide bonds. The molecular formula is C30H36ClN3O4S. The molecule has 1 unspecified atom stereocenters. The molecule has 0 saturated heterocycles. The number of nitrogens with one attached hydrogen (secondary N) is 1. The van der Waals surface area contributed by atoms with E-state index in [9.17, 15) is 18.0 Å². The molecule has 0 radical (unpaired) electrons. The number of unbranched alkanes of at least 4 members (excludes halogenated alkanes) is 1. The van der Waals surface area contributed by atoms with Crippen molar-refractivity contribution in [3.63, 3.8) is 0 Å². The lowest BCUT2D eigenvalue weighted by molar-refractivity contribution is -0.140. The van der Waals surface area contributed by atoms with Crippen molar-refractivity contribution in [3.8, 4) is 0 Å². The Morgan fingerprint density at radius 3 is 2.21 bits per heavy atom. The van der Waals surface area contributed by atoms with Crippen LogP contribution in [-0.2, 0) is 32.6 Å². The number of aryl methyl sites for hydroxylation is 1. The van der Waals surface area contributed by atoms with Crippen LogP contribution in [0, 0.1) is 6.92 Å². The molecule has 0 fully saturated rings. The molecule has 0 aliphatic carbocycles. The van der Waals surface area contributed by atoms with Gasteiger partial charge in [-0.1, -0.05) is 91.2 Å². The van der Waals surface area contributed by atoms with Gasteiger partial charge in [0.05, 0.1) is 11.9 Å². The molecule has 0 aliphatic heterocycles. The summed E-state index contributed by atoms with van der Waals surface area (Å²) in [5.41, 5.74) is 2.88. The second-order valence-electron chi connectivity index (χ2n) is 9.57. The van der Waals surface area contributed by atoms with E-state index in [1.54, 1.807) is 42.5 Å². The normalized spacial score (nSPS) is 12.0. The first kappa shape index (κ1) is 30.2. The van der Waals surface area contributed by atoms with Crippen LogP contribution in [-0.4, -0.2) is 50.5 Å². The van der Waals surface area contributed by atoms with E-state index in [1.165, 1.54) is 4.90 Å². The third-order valence-corrected chi connectivity index (χ3v) is 7.91. The second kappa shape index (κ2) is 14.1. The molecule has 1 atom stereocenters. The Bertz CT molecular complexity index is 1350. The van der Waals surface area contributed by atoms with E-state index in [4.69, 9.17) is 11.6 Å².